The molecule has 1 aliphatic rings. The summed E-state index contributed by atoms with van der Waals surface area (Å²) in [5, 5.41) is 3.36. The predicted molar refractivity (Wildman–Crippen MR) is 104 cm³/mol. The van der Waals surface area contributed by atoms with E-state index in [1.165, 1.54) is 0 Å². The number of nitrogens with zero attached hydrogens (tertiary/aromatic N) is 2. The van der Waals surface area contributed by atoms with Gasteiger partial charge in [-0.25, -0.2) is 4.79 Å². The van der Waals surface area contributed by atoms with Crippen molar-refractivity contribution in [1.29, 1.82) is 0 Å². The van der Waals surface area contributed by atoms with Crippen LogP contribution in [0.3, 0.4) is 0 Å². The highest BCUT2D eigenvalue weighted by Crippen LogP contribution is 2.20. The van der Waals surface area contributed by atoms with Crippen molar-refractivity contribution in [3.63, 3.8) is 0 Å². The van der Waals surface area contributed by atoms with Gasteiger partial charge in [-0.3, -0.25) is 9.47 Å². The van der Waals surface area contributed by atoms with Crippen molar-refractivity contribution in [3.05, 3.63) is 59.0 Å². The maximum absolute atomic E-state index is 12.3. The number of hydrogen-bond acceptors (Lipinski definition) is 4. The highest BCUT2D eigenvalue weighted by molar-refractivity contribution is 5.80. The second-order valence-electron chi connectivity index (χ2n) is 6.61. The van der Waals surface area contributed by atoms with Gasteiger partial charge in [0.15, 0.2) is 0 Å². The summed E-state index contributed by atoms with van der Waals surface area (Å²) in [6.07, 6.45) is 0.955. The van der Waals surface area contributed by atoms with Crippen molar-refractivity contribution in [2.24, 2.45) is 0 Å². The molecule has 3 aromatic rings. The summed E-state index contributed by atoms with van der Waals surface area (Å²) in [5.74, 6) is 0. The molecule has 0 spiro atoms. The van der Waals surface area contributed by atoms with E-state index in [1.807, 2.05) is 53.1 Å². The van der Waals surface area contributed by atoms with E-state index in [-0.39, 0.29) is 5.69 Å². The first-order chi connectivity index (χ1) is 12.8. The monoisotopic (exact) mass is 352 g/mol. The van der Waals surface area contributed by atoms with Crippen LogP contribution in [-0.4, -0.2) is 47.3 Å². The Labute approximate surface area is 152 Å². The molecule has 0 unspecified atom stereocenters. The summed E-state index contributed by atoms with van der Waals surface area (Å²) in [7, 11) is 0. The van der Waals surface area contributed by atoms with Crippen molar-refractivity contribution in [3.8, 4) is 0 Å². The SMILES string of the molecule is O=c1[nH]c2cc(Nc3ccccc3)ccc2n1CCCN1CCOCC1. The van der Waals surface area contributed by atoms with Crippen molar-refractivity contribution < 1.29 is 4.74 Å². The summed E-state index contributed by atoms with van der Waals surface area (Å²) in [5.41, 5.74) is 3.77. The Hall–Kier alpha value is -2.57. The summed E-state index contributed by atoms with van der Waals surface area (Å²) in [6.45, 7) is 5.31. The van der Waals surface area contributed by atoms with Gasteiger partial charge in [-0.05, 0) is 36.8 Å². The van der Waals surface area contributed by atoms with E-state index < -0.39 is 0 Å². The third kappa shape index (κ3) is 3.81. The molecule has 1 aliphatic heterocycles. The van der Waals surface area contributed by atoms with Crippen molar-refractivity contribution in [2.45, 2.75) is 13.0 Å². The Morgan fingerprint density at radius 2 is 1.81 bits per heavy atom. The van der Waals surface area contributed by atoms with E-state index in [4.69, 9.17) is 4.74 Å². The number of anilines is 2. The molecule has 2 N–H and O–H groups in total. The number of ether oxygens (including phenoxy) is 1. The Kier molecular flexibility index (Phi) is 5.04. The van der Waals surface area contributed by atoms with E-state index in [2.05, 4.69) is 15.2 Å². The van der Waals surface area contributed by atoms with E-state index in [1.54, 1.807) is 0 Å². The molecule has 1 fully saturated rings. The smallest absolute Gasteiger partial charge is 0.326 e. The zero-order valence-corrected chi connectivity index (χ0v) is 14.8. The van der Waals surface area contributed by atoms with E-state index >= 15 is 0 Å². The number of aryl methyl sites for hydroxylation is 1. The van der Waals surface area contributed by atoms with Gasteiger partial charge in [0.05, 0.1) is 24.2 Å². The van der Waals surface area contributed by atoms with Crippen LogP contribution in [0.15, 0.2) is 53.3 Å². The number of aromatic amines is 1. The van der Waals surface area contributed by atoms with Crippen LogP contribution in [0.1, 0.15) is 6.42 Å². The van der Waals surface area contributed by atoms with Crippen LogP contribution >= 0.6 is 0 Å². The molecule has 6 nitrogen and oxygen atoms in total. The fourth-order valence-electron chi connectivity index (χ4n) is 3.43. The normalized spacial score (nSPS) is 15.4. The Morgan fingerprint density at radius 1 is 1.00 bits per heavy atom. The standard InChI is InChI=1S/C20H24N4O2/c25-20-22-18-15-17(21-16-5-2-1-3-6-16)7-8-19(18)24(20)10-4-9-23-11-13-26-14-12-23/h1-3,5-8,15,21H,4,9-14H2,(H,22,25). The van der Waals surface area contributed by atoms with Gasteiger partial charge in [0.1, 0.15) is 0 Å². The second-order valence-corrected chi connectivity index (χ2v) is 6.61. The minimum atomic E-state index is -0.0427. The summed E-state index contributed by atoms with van der Waals surface area (Å²) in [4.78, 5) is 17.7. The largest absolute Gasteiger partial charge is 0.379 e. The third-order valence-corrected chi connectivity index (χ3v) is 4.80. The molecule has 0 atom stereocenters. The molecule has 4 rings (SSSR count). The molecule has 26 heavy (non-hydrogen) atoms. The zero-order chi connectivity index (χ0) is 17.8. The summed E-state index contributed by atoms with van der Waals surface area (Å²) >= 11 is 0. The second kappa shape index (κ2) is 7.76. The van der Waals surface area contributed by atoms with Crippen LogP contribution in [0.5, 0.6) is 0 Å². The number of para-hydroxylation sites is 1. The lowest BCUT2D eigenvalue weighted by molar-refractivity contribution is 0.0369. The minimum absolute atomic E-state index is 0.0427. The van der Waals surface area contributed by atoms with Crippen molar-refractivity contribution >= 4 is 22.4 Å². The van der Waals surface area contributed by atoms with Gasteiger partial charge in [-0.2, -0.15) is 0 Å². The first kappa shape index (κ1) is 16.9. The molecule has 0 amide bonds. The third-order valence-electron chi connectivity index (χ3n) is 4.80. The quantitative estimate of drug-likeness (QED) is 0.716. The maximum Gasteiger partial charge on any atom is 0.326 e. The molecular weight excluding hydrogens is 328 g/mol. The van der Waals surface area contributed by atoms with Gasteiger partial charge >= 0.3 is 5.69 Å². The molecule has 1 saturated heterocycles. The van der Waals surface area contributed by atoms with Crippen LogP contribution < -0.4 is 11.0 Å². The Morgan fingerprint density at radius 3 is 2.62 bits per heavy atom. The molecule has 0 aliphatic carbocycles. The molecule has 2 heterocycles. The number of imidazole rings is 1. The molecular formula is C20H24N4O2. The van der Waals surface area contributed by atoms with E-state index in [0.29, 0.717) is 0 Å². The summed E-state index contributed by atoms with van der Waals surface area (Å²) in [6, 6.07) is 16.0. The average Bonchev–Trinajstić information content (AvgIpc) is 2.98. The number of aromatic nitrogens is 2. The zero-order valence-electron chi connectivity index (χ0n) is 14.8. The molecule has 2 aromatic carbocycles. The lowest BCUT2D eigenvalue weighted by Crippen LogP contribution is -2.37. The molecule has 0 radical (unpaired) electrons. The van der Waals surface area contributed by atoms with Crippen LogP contribution in [-0.2, 0) is 11.3 Å². The molecule has 6 heteroatoms. The van der Waals surface area contributed by atoms with Crippen LogP contribution in [0, 0.1) is 0 Å². The van der Waals surface area contributed by atoms with Crippen LogP contribution in [0.4, 0.5) is 11.4 Å². The number of fused-ring (bicyclic) bond motifs is 1. The number of H-pyrrole nitrogens is 1. The number of benzene rings is 2. The number of nitrogens with one attached hydrogen (secondary N) is 2. The van der Waals surface area contributed by atoms with Crippen LogP contribution in [0.2, 0.25) is 0 Å². The fourth-order valence-corrected chi connectivity index (χ4v) is 3.43. The van der Waals surface area contributed by atoms with Gasteiger partial charge in [0.2, 0.25) is 0 Å². The van der Waals surface area contributed by atoms with Gasteiger partial charge in [-0.15, -0.1) is 0 Å². The maximum atomic E-state index is 12.3. The molecule has 0 saturated carbocycles. The molecule has 1 aromatic heterocycles. The first-order valence-corrected chi connectivity index (χ1v) is 9.14. The Bertz CT molecular complexity index is 910. The first-order valence-electron chi connectivity index (χ1n) is 9.14. The lowest BCUT2D eigenvalue weighted by Gasteiger charge is -2.26. The predicted octanol–water partition coefficient (Wildman–Crippen LogP) is 2.80. The number of morpholine rings is 1. The highest BCUT2D eigenvalue weighted by atomic mass is 16.5. The van der Waals surface area contributed by atoms with E-state index in [9.17, 15) is 4.79 Å². The Balaban J connectivity index is 1.45. The lowest BCUT2D eigenvalue weighted by atomic mass is 10.2. The van der Waals surface area contributed by atoms with E-state index in [0.717, 1.165) is 68.2 Å². The van der Waals surface area contributed by atoms with Gasteiger partial charge in [0.25, 0.3) is 0 Å². The summed E-state index contributed by atoms with van der Waals surface area (Å²) < 4.78 is 7.21. The van der Waals surface area contributed by atoms with Crippen LogP contribution in [0.25, 0.3) is 11.0 Å². The van der Waals surface area contributed by atoms with Crippen molar-refractivity contribution in [1.82, 2.24) is 14.5 Å². The van der Waals surface area contributed by atoms with Gasteiger partial charge < -0.3 is 15.0 Å². The average molecular weight is 352 g/mol. The number of rotatable bonds is 6. The van der Waals surface area contributed by atoms with Crippen molar-refractivity contribution in [2.75, 3.05) is 38.2 Å². The topological polar surface area (TPSA) is 62.3 Å². The highest BCUT2D eigenvalue weighted by Gasteiger charge is 2.11. The number of hydrogen-bond donors (Lipinski definition) is 2. The molecule has 136 valence electrons. The minimum Gasteiger partial charge on any atom is -0.379 e. The van der Waals surface area contributed by atoms with Gasteiger partial charge in [-0.1, -0.05) is 18.2 Å². The fraction of sp³-hybridized carbons (Fsp3) is 0.350. The van der Waals surface area contributed by atoms with Gasteiger partial charge in [0, 0.05) is 37.6 Å². The molecule has 0 bridgehead atoms.